The molecule has 1 saturated carbocycles. The first kappa shape index (κ1) is 18.6. The largest absolute Gasteiger partial charge is 0.493 e. The first-order valence-electron chi connectivity index (χ1n) is 8.90. The lowest BCUT2D eigenvalue weighted by molar-refractivity contribution is 0.0915. The molecule has 0 aliphatic heterocycles. The number of nitrogens with two attached hydrogens (primary N) is 1. The highest BCUT2D eigenvalue weighted by Gasteiger charge is 2.24. The molecular formula is C19H30N2O3. The molecule has 0 bridgehead atoms. The zero-order valence-electron chi connectivity index (χ0n) is 15.0. The summed E-state index contributed by atoms with van der Waals surface area (Å²) in [7, 11) is 1.58. The van der Waals surface area contributed by atoms with Gasteiger partial charge in [-0.15, -0.1) is 0 Å². The van der Waals surface area contributed by atoms with Crippen molar-refractivity contribution in [2.45, 2.75) is 58.1 Å². The van der Waals surface area contributed by atoms with E-state index in [1.54, 1.807) is 25.3 Å². The number of benzene rings is 1. The third-order valence-corrected chi connectivity index (χ3v) is 4.58. The van der Waals surface area contributed by atoms with Crippen LogP contribution in [0.4, 0.5) is 0 Å². The summed E-state index contributed by atoms with van der Waals surface area (Å²) in [5.74, 6) is 1.59. The van der Waals surface area contributed by atoms with Gasteiger partial charge in [-0.25, -0.2) is 0 Å². The molecule has 0 heterocycles. The maximum absolute atomic E-state index is 12.6. The monoisotopic (exact) mass is 334 g/mol. The Morgan fingerprint density at radius 3 is 2.54 bits per heavy atom. The Labute approximate surface area is 144 Å². The number of methoxy groups -OCH3 is 1. The second-order valence-corrected chi connectivity index (χ2v) is 6.75. The molecule has 1 amide bonds. The van der Waals surface area contributed by atoms with E-state index < -0.39 is 0 Å². The topological polar surface area (TPSA) is 73.6 Å². The highest BCUT2D eigenvalue weighted by molar-refractivity contribution is 5.95. The molecule has 24 heavy (non-hydrogen) atoms. The lowest BCUT2D eigenvalue weighted by Crippen LogP contribution is -2.45. The molecule has 0 spiro atoms. The minimum Gasteiger partial charge on any atom is -0.493 e. The maximum atomic E-state index is 12.6. The molecule has 5 nitrogen and oxygen atoms in total. The molecule has 1 unspecified atom stereocenters. The van der Waals surface area contributed by atoms with Gasteiger partial charge in [0.25, 0.3) is 5.91 Å². The van der Waals surface area contributed by atoms with Crippen LogP contribution in [0, 0.1) is 5.92 Å². The summed E-state index contributed by atoms with van der Waals surface area (Å²) >= 11 is 0. The van der Waals surface area contributed by atoms with Crippen LogP contribution in [-0.4, -0.2) is 31.7 Å². The van der Waals surface area contributed by atoms with E-state index in [2.05, 4.69) is 5.32 Å². The van der Waals surface area contributed by atoms with Gasteiger partial charge in [0.05, 0.1) is 13.2 Å². The molecule has 1 aromatic rings. The average Bonchev–Trinajstić information content (AvgIpc) is 2.60. The molecule has 3 N–H and O–H groups in total. The van der Waals surface area contributed by atoms with E-state index in [1.807, 2.05) is 13.8 Å². The van der Waals surface area contributed by atoms with Crippen LogP contribution in [0.1, 0.15) is 56.3 Å². The molecule has 0 aromatic heterocycles. The summed E-state index contributed by atoms with van der Waals surface area (Å²) in [4.78, 5) is 12.6. The summed E-state index contributed by atoms with van der Waals surface area (Å²) in [5.41, 5.74) is 6.47. The van der Waals surface area contributed by atoms with Crippen LogP contribution in [-0.2, 0) is 0 Å². The van der Waals surface area contributed by atoms with Gasteiger partial charge in [0.15, 0.2) is 11.5 Å². The van der Waals surface area contributed by atoms with Gasteiger partial charge in [-0.3, -0.25) is 4.79 Å². The Morgan fingerprint density at radius 1 is 1.25 bits per heavy atom. The third-order valence-electron chi connectivity index (χ3n) is 4.58. The Morgan fingerprint density at radius 2 is 1.96 bits per heavy atom. The number of amides is 1. The number of hydrogen-bond donors (Lipinski definition) is 2. The lowest BCUT2D eigenvalue weighted by atomic mass is 9.84. The van der Waals surface area contributed by atoms with Gasteiger partial charge in [-0.1, -0.05) is 19.3 Å². The maximum Gasteiger partial charge on any atom is 0.251 e. The molecule has 5 heteroatoms. The summed E-state index contributed by atoms with van der Waals surface area (Å²) in [5, 5.41) is 3.10. The fourth-order valence-electron chi connectivity index (χ4n) is 3.32. The predicted octanol–water partition coefficient (Wildman–Crippen LogP) is 3.12. The van der Waals surface area contributed by atoms with Crippen molar-refractivity contribution in [3.8, 4) is 11.5 Å². The number of carbonyl (C=O) groups excluding carboxylic acids is 1. The molecule has 1 aliphatic carbocycles. The van der Waals surface area contributed by atoms with Crippen LogP contribution in [0.5, 0.6) is 11.5 Å². The third kappa shape index (κ3) is 4.87. The number of nitrogens with one attached hydrogen (secondary N) is 1. The van der Waals surface area contributed by atoms with Crippen molar-refractivity contribution in [2.75, 3.05) is 13.7 Å². The predicted molar refractivity (Wildman–Crippen MR) is 95.6 cm³/mol. The fourth-order valence-corrected chi connectivity index (χ4v) is 3.32. The Balaban J connectivity index is 2.07. The van der Waals surface area contributed by atoms with Crippen molar-refractivity contribution in [3.63, 3.8) is 0 Å². The minimum absolute atomic E-state index is 0.0374. The quantitative estimate of drug-likeness (QED) is 0.803. The summed E-state index contributed by atoms with van der Waals surface area (Å²) in [6.07, 6.45) is 6.08. The van der Waals surface area contributed by atoms with Crippen molar-refractivity contribution in [2.24, 2.45) is 11.7 Å². The SMILES string of the molecule is COc1cc(C(=O)NC(CN)C2CCCCC2)ccc1OC(C)C. The van der Waals surface area contributed by atoms with Gasteiger partial charge in [0, 0.05) is 18.2 Å². The van der Waals surface area contributed by atoms with E-state index in [0.29, 0.717) is 29.5 Å². The first-order valence-corrected chi connectivity index (χ1v) is 8.90. The molecule has 1 aromatic carbocycles. The number of carbonyl (C=O) groups is 1. The zero-order chi connectivity index (χ0) is 17.5. The van der Waals surface area contributed by atoms with Gasteiger partial charge in [-0.2, -0.15) is 0 Å². The summed E-state index contributed by atoms with van der Waals surface area (Å²) < 4.78 is 11.0. The van der Waals surface area contributed by atoms with E-state index in [1.165, 1.54) is 19.3 Å². The van der Waals surface area contributed by atoms with E-state index in [4.69, 9.17) is 15.2 Å². The van der Waals surface area contributed by atoms with Crippen LogP contribution in [0.25, 0.3) is 0 Å². The number of hydrogen-bond acceptors (Lipinski definition) is 4. The van der Waals surface area contributed by atoms with Crippen LogP contribution in [0.2, 0.25) is 0 Å². The van der Waals surface area contributed by atoms with Gasteiger partial charge >= 0.3 is 0 Å². The molecule has 1 aliphatic rings. The van der Waals surface area contributed by atoms with Crippen molar-refractivity contribution in [1.29, 1.82) is 0 Å². The van der Waals surface area contributed by atoms with E-state index >= 15 is 0 Å². The fraction of sp³-hybridized carbons (Fsp3) is 0.632. The van der Waals surface area contributed by atoms with Crippen LogP contribution >= 0.6 is 0 Å². The van der Waals surface area contributed by atoms with Gasteiger partial charge in [-0.05, 0) is 50.8 Å². The van der Waals surface area contributed by atoms with E-state index in [9.17, 15) is 4.79 Å². The molecule has 1 fully saturated rings. The smallest absolute Gasteiger partial charge is 0.251 e. The van der Waals surface area contributed by atoms with Gasteiger partial charge in [0.1, 0.15) is 0 Å². The molecule has 1 atom stereocenters. The number of ether oxygens (including phenoxy) is 2. The highest BCUT2D eigenvalue weighted by atomic mass is 16.5. The lowest BCUT2D eigenvalue weighted by Gasteiger charge is -2.30. The van der Waals surface area contributed by atoms with Crippen LogP contribution < -0.4 is 20.5 Å². The molecular weight excluding hydrogens is 304 g/mol. The first-order chi connectivity index (χ1) is 11.5. The second-order valence-electron chi connectivity index (χ2n) is 6.75. The van der Waals surface area contributed by atoms with Gasteiger partial charge < -0.3 is 20.5 Å². The highest BCUT2D eigenvalue weighted by Crippen LogP contribution is 2.30. The Kier molecular flexibility index (Phi) is 6.91. The minimum atomic E-state index is -0.106. The molecule has 134 valence electrons. The van der Waals surface area contributed by atoms with E-state index in [-0.39, 0.29) is 18.1 Å². The second kappa shape index (κ2) is 8.92. The number of rotatable bonds is 7. The Hall–Kier alpha value is -1.75. The van der Waals surface area contributed by atoms with Crippen molar-refractivity contribution in [3.05, 3.63) is 23.8 Å². The van der Waals surface area contributed by atoms with Crippen LogP contribution in [0.3, 0.4) is 0 Å². The van der Waals surface area contributed by atoms with Crippen molar-refractivity contribution in [1.82, 2.24) is 5.32 Å². The van der Waals surface area contributed by atoms with Crippen molar-refractivity contribution >= 4 is 5.91 Å². The Bertz CT molecular complexity index is 539. The molecule has 2 rings (SSSR count). The summed E-state index contributed by atoms with van der Waals surface area (Å²) in [6, 6.07) is 5.31. The molecule has 0 radical (unpaired) electrons. The van der Waals surface area contributed by atoms with Gasteiger partial charge in [0.2, 0.25) is 0 Å². The zero-order valence-corrected chi connectivity index (χ0v) is 15.0. The standard InChI is InChI=1S/C19H30N2O3/c1-13(2)24-17-10-9-15(11-18(17)23-3)19(22)21-16(12-20)14-7-5-4-6-8-14/h9-11,13-14,16H,4-8,12,20H2,1-3H3,(H,21,22). The van der Waals surface area contributed by atoms with Crippen LogP contribution in [0.15, 0.2) is 18.2 Å². The average molecular weight is 334 g/mol. The molecule has 0 saturated heterocycles. The van der Waals surface area contributed by atoms with Crippen molar-refractivity contribution < 1.29 is 14.3 Å². The van der Waals surface area contributed by atoms with E-state index in [0.717, 1.165) is 12.8 Å². The summed E-state index contributed by atoms with van der Waals surface area (Å²) in [6.45, 7) is 4.38. The normalized spacial score (nSPS) is 16.7.